The second-order valence-corrected chi connectivity index (χ2v) is 8.65. The van der Waals surface area contributed by atoms with Crippen molar-refractivity contribution >= 4 is 29.7 Å². The van der Waals surface area contributed by atoms with Crippen LogP contribution in [-0.2, 0) is 36.8 Å². The Morgan fingerprint density at radius 2 is 1.05 bits per heavy atom. The van der Waals surface area contributed by atoms with Crippen molar-refractivity contribution in [2.24, 2.45) is 5.73 Å². The SMILES string of the molecule is NC(CC(=O)O)C(=O)NC(Cc1ccc(O)cc1)C(=O)NC(Cc1ccc(O)cc1)C(=O)NC(CO)C(=O)O. The maximum absolute atomic E-state index is 13.3. The van der Waals surface area contributed by atoms with Crippen LogP contribution in [0.3, 0.4) is 0 Å². The fourth-order valence-electron chi connectivity index (χ4n) is 3.44. The summed E-state index contributed by atoms with van der Waals surface area (Å²) < 4.78 is 0. The van der Waals surface area contributed by atoms with E-state index in [1.165, 1.54) is 48.5 Å². The van der Waals surface area contributed by atoms with Crippen LogP contribution in [0.25, 0.3) is 0 Å². The van der Waals surface area contributed by atoms with E-state index in [0.29, 0.717) is 11.1 Å². The average Bonchev–Trinajstić information content (AvgIpc) is 2.88. The van der Waals surface area contributed by atoms with Gasteiger partial charge in [-0.25, -0.2) is 4.79 Å². The van der Waals surface area contributed by atoms with Crippen LogP contribution in [0.15, 0.2) is 48.5 Å². The minimum atomic E-state index is -1.65. The number of carbonyl (C=O) groups is 5. The molecular formula is C25H30N4O10. The molecule has 0 saturated heterocycles. The number of hydrogen-bond acceptors (Lipinski definition) is 9. The van der Waals surface area contributed by atoms with E-state index < -0.39 is 66.9 Å². The van der Waals surface area contributed by atoms with Crippen molar-refractivity contribution in [3.63, 3.8) is 0 Å². The third-order valence-electron chi connectivity index (χ3n) is 5.55. The molecule has 210 valence electrons. The minimum Gasteiger partial charge on any atom is -0.508 e. The van der Waals surface area contributed by atoms with Crippen LogP contribution < -0.4 is 21.7 Å². The van der Waals surface area contributed by atoms with Gasteiger partial charge in [-0.2, -0.15) is 0 Å². The number of nitrogens with one attached hydrogen (secondary N) is 3. The van der Waals surface area contributed by atoms with Crippen LogP contribution in [0.1, 0.15) is 17.5 Å². The molecule has 10 N–H and O–H groups in total. The van der Waals surface area contributed by atoms with E-state index >= 15 is 0 Å². The van der Waals surface area contributed by atoms with Gasteiger partial charge >= 0.3 is 11.9 Å². The lowest BCUT2D eigenvalue weighted by molar-refractivity contribution is -0.143. The Bertz CT molecular complexity index is 1170. The van der Waals surface area contributed by atoms with Crippen molar-refractivity contribution in [3.8, 4) is 11.5 Å². The van der Waals surface area contributed by atoms with Gasteiger partial charge in [-0.05, 0) is 35.4 Å². The molecule has 0 radical (unpaired) electrons. The number of aliphatic hydroxyl groups is 1. The summed E-state index contributed by atoms with van der Waals surface area (Å²) >= 11 is 0. The molecule has 0 aliphatic heterocycles. The molecular weight excluding hydrogens is 516 g/mol. The van der Waals surface area contributed by atoms with Crippen LogP contribution in [0.4, 0.5) is 0 Å². The van der Waals surface area contributed by atoms with Gasteiger partial charge in [0, 0.05) is 12.8 Å². The Kier molecular flexibility index (Phi) is 11.2. The Balaban J connectivity index is 2.32. The van der Waals surface area contributed by atoms with Crippen molar-refractivity contribution in [2.75, 3.05) is 6.61 Å². The highest BCUT2D eigenvalue weighted by Gasteiger charge is 2.31. The van der Waals surface area contributed by atoms with E-state index in [2.05, 4.69) is 16.0 Å². The summed E-state index contributed by atoms with van der Waals surface area (Å²) in [6, 6.07) is 5.44. The van der Waals surface area contributed by atoms with E-state index in [1.54, 1.807) is 0 Å². The van der Waals surface area contributed by atoms with Crippen molar-refractivity contribution in [1.82, 2.24) is 16.0 Å². The number of hydrogen-bond donors (Lipinski definition) is 9. The number of phenols is 2. The molecule has 0 spiro atoms. The van der Waals surface area contributed by atoms with Crippen molar-refractivity contribution in [1.29, 1.82) is 0 Å². The molecule has 3 amide bonds. The summed E-state index contributed by atoms with van der Waals surface area (Å²) in [6.07, 6.45) is -1.00. The second-order valence-electron chi connectivity index (χ2n) is 8.65. The normalized spacial score (nSPS) is 13.8. The molecule has 2 aromatic carbocycles. The van der Waals surface area contributed by atoms with Crippen molar-refractivity contribution < 1.29 is 49.5 Å². The Morgan fingerprint density at radius 1 is 0.667 bits per heavy atom. The summed E-state index contributed by atoms with van der Waals surface area (Å²) in [5.74, 6) is -5.71. The number of benzene rings is 2. The first-order valence-corrected chi connectivity index (χ1v) is 11.7. The number of nitrogens with two attached hydrogens (primary N) is 1. The molecule has 0 aliphatic rings. The third-order valence-corrected chi connectivity index (χ3v) is 5.55. The number of carboxylic acid groups (broad SMARTS) is 2. The highest BCUT2D eigenvalue weighted by atomic mass is 16.4. The lowest BCUT2D eigenvalue weighted by Crippen LogP contribution is -2.58. The van der Waals surface area contributed by atoms with Crippen molar-refractivity contribution in [2.45, 2.75) is 43.4 Å². The molecule has 0 saturated carbocycles. The molecule has 2 aromatic rings. The number of phenolic OH excluding ortho intramolecular Hbond substituents is 2. The maximum Gasteiger partial charge on any atom is 0.328 e. The summed E-state index contributed by atoms with van der Waals surface area (Å²) in [5.41, 5.74) is 6.59. The molecule has 0 heterocycles. The van der Waals surface area contributed by atoms with Crippen molar-refractivity contribution in [3.05, 3.63) is 59.7 Å². The van der Waals surface area contributed by atoms with Gasteiger partial charge in [0.2, 0.25) is 17.7 Å². The Morgan fingerprint density at radius 3 is 1.41 bits per heavy atom. The quantitative estimate of drug-likeness (QED) is 0.128. The van der Waals surface area contributed by atoms with Crippen LogP contribution in [0, 0.1) is 0 Å². The maximum atomic E-state index is 13.3. The molecule has 0 aromatic heterocycles. The molecule has 39 heavy (non-hydrogen) atoms. The largest absolute Gasteiger partial charge is 0.508 e. The molecule has 0 bridgehead atoms. The van der Waals surface area contributed by atoms with Crippen LogP contribution in [0.2, 0.25) is 0 Å². The van der Waals surface area contributed by atoms with E-state index in [0.717, 1.165) is 0 Å². The molecule has 14 nitrogen and oxygen atoms in total. The predicted octanol–water partition coefficient (Wildman–Crippen LogP) is -1.78. The number of aliphatic carboxylic acids is 2. The van der Waals surface area contributed by atoms with Gasteiger partial charge in [0.25, 0.3) is 0 Å². The first-order chi connectivity index (χ1) is 18.4. The second kappa shape index (κ2) is 14.3. The van der Waals surface area contributed by atoms with E-state index in [-0.39, 0.29) is 24.3 Å². The van der Waals surface area contributed by atoms with Gasteiger partial charge in [-0.3, -0.25) is 19.2 Å². The minimum absolute atomic E-state index is 0.0465. The monoisotopic (exact) mass is 546 g/mol. The van der Waals surface area contributed by atoms with Gasteiger partial charge in [-0.15, -0.1) is 0 Å². The number of carbonyl (C=O) groups excluding carboxylic acids is 3. The van der Waals surface area contributed by atoms with Gasteiger partial charge in [-0.1, -0.05) is 24.3 Å². The Hall–Kier alpha value is -4.69. The molecule has 14 heteroatoms. The fourth-order valence-corrected chi connectivity index (χ4v) is 3.44. The smallest absolute Gasteiger partial charge is 0.328 e. The van der Waals surface area contributed by atoms with Gasteiger partial charge < -0.3 is 47.2 Å². The third kappa shape index (κ3) is 9.94. The zero-order chi connectivity index (χ0) is 29.1. The number of aliphatic hydroxyl groups excluding tert-OH is 1. The zero-order valence-electron chi connectivity index (χ0n) is 20.6. The average molecular weight is 547 g/mol. The fraction of sp³-hybridized carbons (Fsp3) is 0.320. The van der Waals surface area contributed by atoms with Crippen LogP contribution in [0.5, 0.6) is 11.5 Å². The zero-order valence-corrected chi connectivity index (χ0v) is 20.6. The highest BCUT2D eigenvalue weighted by Crippen LogP contribution is 2.14. The molecule has 0 fully saturated rings. The predicted molar refractivity (Wildman–Crippen MR) is 134 cm³/mol. The Labute approximate surface area is 222 Å². The number of aromatic hydroxyl groups is 2. The van der Waals surface area contributed by atoms with E-state index in [4.69, 9.17) is 10.8 Å². The summed E-state index contributed by atoms with van der Waals surface area (Å²) in [4.78, 5) is 61.0. The topological polar surface area (TPSA) is 249 Å². The van der Waals surface area contributed by atoms with Gasteiger partial charge in [0.05, 0.1) is 19.1 Å². The lowest BCUT2D eigenvalue weighted by Gasteiger charge is -2.25. The van der Waals surface area contributed by atoms with E-state index in [9.17, 15) is 44.4 Å². The number of carboxylic acids is 2. The molecule has 4 atom stereocenters. The van der Waals surface area contributed by atoms with Crippen LogP contribution >= 0.6 is 0 Å². The highest BCUT2D eigenvalue weighted by molar-refractivity contribution is 5.95. The van der Waals surface area contributed by atoms with Gasteiger partial charge in [0.15, 0.2) is 0 Å². The molecule has 2 rings (SSSR count). The molecule has 0 aliphatic carbocycles. The first-order valence-electron chi connectivity index (χ1n) is 11.7. The number of rotatable bonds is 14. The van der Waals surface area contributed by atoms with Gasteiger partial charge in [0.1, 0.15) is 29.6 Å². The summed E-state index contributed by atoms with van der Waals surface area (Å²) in [7, 11) is 0. The summed E-state index contributed by atoms with van der Waals surface area (Å²) in [6.45, 7) is -0.915. The standard InChI is InChI=1S/C25H30N4O10/c26-17(11-21(33)34)22(35)27-18(9-13-1-5-15(31)6-2-13)23(36)28-19(10-14-3-7-16(32)8-4-14)24(37)29-20(12-30)25(38)39/h1-8,17-20,30-32H,9-12,26H2,(H,27,35)(H,28,36)(H,29,37)(H,33,34)(H,38,39). The number of amides is 3. The van der Waals surface area contributed by atoms with E-state index in [1.807, 2.05) is 0 Å². The molecule has 4 unspecified atom stereocenters. The first kappa shape index (κ1) is 30.5. The lowest BCUT2D eigenvalue weighted by atomic mass is 10.0. The van der Waals surface area contributed by atoms with Crippen LogP contribution in [-0.4, -0.2) is 86.0 Å². The summed E-state index contributed by atoms with van der Waals surface area (Å²) in [5, 5.41) is 53.4.